The topological polar surface area (TPSA) is 60.9 Å². The van der Waals surface area contributed by atoms with Crippen molar-refractivity contribution in [2.45, 2.75) is 38.7 Å². The van der Waals surface area contributed by atoms with Crippen LogP contribution in [0.15, 0.2) is 24.3 Å². The largest absolute Gasteiger partial charge is 0.393 e. The van der Waals surface area contributed by atoms with E-state index in [1.807, 2.05) is 6.92 Å². The highest BCUT2D eigenvalue weighted by molar-refractivity contribution is 5.99. The molecule has 0 saturated heterocycles. The molecule has 0 spiro atoms. The molecule has 2 amide bonds. The standard InChI is InChI=1S/C19H28N2O3/c1-4-20(2)18(23)14-9-7-10-15(12-14)19(24)21(3)13-16-8-5-6-11-17(16)22/h7,9-10,12,16-17,22H,4-6,8,11,13H2,1-3H3. The molecule has 2 unspecified atom stereocenters. The summed E-state index contributed by atoms with van der Waals surface area (Å²) in [4.78, 5) is 28.2. The fraction of sp³-hybridized carbons (Fsp3) is 0.579. The van der Waals surface area contributed by atoms with E-state index in [2.05, 4.69) is 0 Å². The Morgan fingerprint density at radius 1 is 1.08 bits per heavy atom. The van der Waals surface area contributed by atoms with Crippen molar-refractivity contribution in [3.05, 3.63) is 35.4 Å². The predicted octanol–water partition coefficient (Wildman–Crippen LogP) is 2.40. The van der Waals surface area contributed by atoms with E-state index in [1.54, 1.807) is 48.2 Å². The number of amides is 2. The first-order valence-corrected chi connectivity index (χ1v) is 8.73. The van der Waals surface area contributed by atoms with Gasteiger partial charge in [0.2, 0.25) is 0 Å². The van der Waals surface area contributed by atoms with Crippen LogP contribution in [0, 0.1) is 5.92 Å². The average Bonchev–Trinajstić information content (AvgIpc) is 2.61. The number of hydrogen-bond acceptors (Lipinski definition) is 3. The summed E-state index contributed by atoms with van der Waals surface area (Å²) in [6.45, 7) is 3.08. The van der Waals surface area contributed by atoms with Gasteiger partial charge in [-0.15, -0.1) is 0 Å². The van der Waals surface area contributed by atoms with Crippen molar-refractivity contribution in [3.63, 3.8) is 0 Å². The highest BCUT2D eigenvalue weighted by Gasteiger charge is 2.26. The minimum Gasteiger partial charge on any atom is -0.393 e. The number of aliphatic hydroxyl groups excluding tert-OH is 1. The summed E-state index contributed by atoms with van der Waals surface area (Å²) in [5, 5.41) is 10.1. The lowest BCUT2D eigenvalue weighted by Crippen LogP contribution is -2.38. The Balaban J connectivity index is 2.07. The first-order chi connectivity index (χ1) is 11.4. The summed E-state index contributed by atoms with van der Waals surface area (Å²) in [5.74, 6) is -0.0529. The van der Waals surface area contributed by atoms with Crippen molar-refractivity contribution in [1.82, 2.24) is 9.80 Å². The Morgan fingerprint density at radius 2 is 1.67 bits per heavy atom. The number of carbonyl (C=O) groups is 2. The van der Waals surface area contributed by atoms with Gasteiger partial charge in [-0.25, -0.2) is 0 Å². The van der Waals surface area contributed by atoms with Gasteiger partial charge in [-0.05, 0) is 38.0 Å². The highest BCUT2D eigenvalue weighted by Crippen LogP contribution is 2.25. The number of benzene rings is 1. The molecular formula is C19H28N2O3. The van der Waals surface area contributed by atoms with E-state index in [4.69, 9.17) is 0 Å². The summed E-state index contributed by atoms with van der Waals surface area (Å²) < 4.78 is 0. The molecular weight excluding hydrogens is 304 g/mol. The maximum Gasteiger partial charge on any atom is 0.253 e. The van der Waals surface area contributed by atoms with Crippen LogP contribution in [0.4, 0.5) is 0 Å². The van der Waals surface area contributed by atoms with Crippen LogP contribution in [0.5, 0.6) is 0 Å². The predicted molar refractivity (Wildman–Crippen MR) is 94.0 cm³/mol. The first kappa shape index (κ1) is 18.5. The third-order valence-corrected chi connectivity index (χ3v) is 4.90. The Kier molecular flexibility index (Phi) is 6.37. The molecule has 1 N–H and O–H groups in total. The molecule has 2 atom stereocenters. The zero-order valence-electron chi connectivity index (χ0n) is 14.9. The second kappa shape index (κ2) is 8.29. The summed E-state index contributed by atoms with van der Waals surface area (Å²) in [5.41, 5.74) is 1.04. The molecule has 1 aromatic rings. The molecule has 0 aliphatic heterocycles. The number of rotatable bonds is 5. The minimum absolute atomic E-state index is 0.0856. The van der Waals surface area contributed by atoms with Crippen molar-refractivity contribution < 1.29 is 14.7 Å². The monoisotopic (exact) mass is 332 g/mol. The van der Waals surface area contributed by atoms with E-state index in [-0.39, 0.29) is 23.8 Å². The third kappa shape index (κ3) is 4.35. The maximum absolute atomic E-state index is 12.7. The van der Waals surface area contributed by atoms with Crippen molar-refractivity contribution in [1.29, 1.82) is 0 Å². The van der Waals surface area contributed by atoms with Crippen molar-refractivity contribution in [3.8, 4) is 0 Å². The molecule has 1 fully saturated rings. The average molecular weight is 332 g/mol. The van der Waals surface area contributed by atoms with Gasteiger partial charge in [-0.3, -0.25) is 9.59 Å². The molecule has 2 rings (SSSR count). The van der Waals surface area contributed by atoms with E-state index in [0.29, 0.717) is 24.2 Å². The van der Waals surface area contributed by atoms with Crippen LogP contribution in [0.1, 0.15) is 53.3 Å². The van der Waals surface area contributed by atoms with Crippen molar-refractivity contribution in [2.24, 2.45) is 5.92 Å². The van der Waals surface area contributed by atoms with Crippen LogP contribution in [0.25, 0.3) is 0 Å². The van der Waals surface area contributed by atoms with Crippen LogP contribution < -0.4 is 0 Å². The van der Waals surface area contributed by atoms with Crippen LogP contribution in [-0.2, 0) is 0 Å². The molecule has 1 saturated carbocycles. The van der Waals surface area contributed by atoms with E-state index >= 15 is 0 Å². The number of carbonyl (C=O) groups excluding carboxylic acids is 2. The molecule has 24 heavy (non-hydrogen) atoms. The van der Waals surface area contributed by atoms with Gasteiger partial charge in [-0.1, -0.05) is 18.9 Å². The van der Waals surface area contributed by atoms with E-state index in [1.165, 1.54) is 0 Å². The van der Waals surface area contributed by atoms with Crippen molar-refractivity contribution in [2.75, 3.05) is 27.2 Å². The Hall–Kier alpha value is -1.88. The molecule has 1 aliphatic carbocycles. The molecule has 0 bridgehead atoms. The Labute approximate surface area is 144 Å². The number of nitrogens with zero attached hydrogens (tertiary/aromatic N) is 2. The van der Waals surface area contributed by atoms with Crippen LogP contribution in [0.2, 0.25) is 0 Å². The maximum atomic E-state index is 12.7. The fourth-order valence-corrected chi connectivity index (χ4v) is 3.21. The molecule has 0 aromatic heterocycles. The van der Waals surface area contributed by atoms with E-state index in [9.17, 15) is 14.7 Å². The molecule has 0 heterocycles. The van der Waals surface area contributed by atoms with Crippen molar-refractivity contribution >= 4 is 11.8 Å². The molecule has 1 aromatic carbocycles. The lowest BCUT2D eigenvalue weighted by molar-refractivity contribution is 0.0451. The normalized spacial score (nSPS) is 20.5. The highest BCUT2D eigenvalue weighted by atomic mass is 16.3. The lowest BCUT2D eigenvalue weighted by atomic mass is 9.86. The smallest absolute Gasteiger partial charge is 0.253 e. The van der Waals surface area contributed by atoms with Gasteiger partial charge in [-0.2, -0.15) is 0 Å². The second-order valence-corrected chi connectivity index (χ2v) is 6.70. The van der Waals surface area contributed by atoms with Crippen LogP contribution in [0.3, 0.4) is 0 Å². The lowest BCUT2D eigenvalue weighted by Gasteiger charge is -2.31. The molecule has 1 aliphatic rings. The van der Waals surface area contributed by atoms with Crippen LogP contribution in [-0.4, -0.2) is 60.0 Å². The quantitative estimate of drug-likeness (QED) is 0.901. The van der Waals surface area contributed by atoms with Gasteiger partial charge in [0.1, 0.15) is 0 Å². The number of hydrogen-bond donors (Lipinski definition) is 1. The Bertz CT molecular complexity index is 588. The van der Waals surface area contributed by atoms with Gasteiger partial charge in [0.15, 0.2) is 0 Å². The van der Waals surface area contributed by atoms with Gasteiger partial charge >= 0.3 is 0 Å². The summed E-state index contributed by atoms with van der Waals surface area (Å²) in [6.07, 6.45) is 3.63. The zero-order chi connectivity index (χ0) is 17.7. The Morgan fingerprint density at radius 3 is 2.25 bits per heavy atom. The van der Waals surface area contributed by atoms with Crippen LogP contribution >= 0.6 is 0 Å². The SMILES string of the molecule is CCN(C)C(=O)c1cccc(C(=O)N(C)CC2CCCCC2O)c1. The molecule has 0 radical (unpaired) electrons. The second-order valence-electron chi connectivity index (χ2n) is 6.70. The van der Waals surface area contributed by atoms with Gasteiger partial charge in [0.25, 0.3) is 11.8 Å². The molecule has 5 heteroatoms. The molecule has 5 nitrogen and oxygen atoms in total. The minimum atomic E-state index is -0.319. The van der Waals surface area contributed by atoms with Gasteiger partial charge in [0.05, 0.1) is 6.10 Å². The number of aliphatic hydroxyl groups is 1. The van der Waals surface area contributed by atoms with Gasteiger partial charge < -0.3 is 14.9 Å². The zero-order valence-corrected chi connectivity index (χ0v) is 14.9. The van der Waals surface area contributed by atoms with E-state index in [0.717, 1.165) is 25.7 Å². The third-order valence-electron chi connectivity index (χ3n) is 4.90. The summed E-state index contributed by atoms with van der Waals surface area (Å²) in [6, 6.07) is 6.87. The summed E-state index contributed by atoms with van der Waals surface area (Å²) >= 11 is 0. The first-order valence-electron chi connectivity index (χ1n) is 8.73. The van der Waals surface area contributed by atoms with Gasteiger partial charge in [0, 0.05) is 44.2 Å². The molecule has 132 valence electrons. The fourth-order valence-electron chi connectivity index (χ4n) is 3.21. The summed E-state index contributed by atoms with van der Waals surface area (Å²) in [7, 11) is 3.50. The van der Waals surface area contributed by atoms with E-state index < -0.39 is 0 Å².